The maximum absolute atomic E-state index is 11.3. The van der Waals surface area contributed by atoms with Gasteiger partial charge in [0.2, 0.25) is 0 Å². The van der Waals surface area contributed by atoms with Crippen molar-refractivity contribution in [2.45, 2.75) is 52.4 Å². The molecule has 0 aromatic rings. The number of hydrogen-bond donors (Lipinski definition) is 2. The lowest BCUT2D eigenvalue weighted by atomic mass is 10.3. The SMILES string of the molecule is CCCCOC(=O)CCNCCNCCC(=O)OCCCC. The number of rotatable bonds is 15. The van der Waals surface area contributed by atoms with Gasteiger partial charge in [0.1, 0.15) is 0 Å². The van der Waals surface area contributed by atoms with Crippen LogP contribution in [0.1, 0.15) is 52.4 Å². The first-order valence-electron chi connectivity index (χ1n) is 8.43. The summed E-state index contributed by atoms with van der Waals surface area (Å²) in [6, 6.07) is 0. The van der Waals surface area contributed by atoms with Crippen LogP contribution in [0, 0.1) is 0 Å². The smallest absolute Gasteiger partial charge is 0.307 e. The Kier molecular flexibility index (Phi) is 15.4. The zero-order valence-corrected chi connectivity index (χ0v) is 14.1. The van der Waals surface area contributed by atoms with Crippen LogP contribution in [0.2, 0.25) is 0 Å². The maximum Gasteiger partial charge on any atom is 0.307 e. The highest BCUT2D eigenvalue weighted by Gasteiger charge is 2.02. The molecular weight excluding hydrogens is 284 g/mol. The van der Waals surface area contributed by atoms with E-state index in [0.717, 1.165) is 38.8 Å². The monoisotopic (exact) mass is 316 g/mol. The molecule has 130 valence electrons. The summed E-state index contributed by atoms with van der Waals surface area (Å²) in [4.78, 5) is 22.6. The predicted molar refractivity (Wildman–Crippen MR) is 86.7 cm³/mol. The molecule has 0 aliphatic carbocycles. The Hall–Kier alpha value is -1.14. The molecule has 0 fully saturated rings. The normalized spacial score (nSPS) is 10.5. The fourth-order valence-corrected chi connectivity index (χ4v) is 1.61. The number of hydrogen-bond acceptors (Lipinski definition) is 6. The minimum atomic E-state index is -0.149. The average Bonchev–Trinajstić information content (AvgIpc) is 2.50. The topological polar surface area (TPSA) is 76.7 Å². The summed E-state index contributed by atoms with van der Waals surface area (Å²) in [5, 5.41) is 6.31. The van der Waals surface area contributed by atoms with Gasteiger partial charge < -0.3 is 20.1 Å². The molecule has 0 aliphatic heterocycles. The van der Waals surface area contributed by atoms with Crippen LogP contribution in [-0.2, 0) is 19.1 Å². The van der Waals surface area contributed by atoms with Crippen LogP contribution in [0.3, 0.4) is 0 Å². The number of carbonyl (C=O) groups excluding carboxylic acids is 2. The van der Waals surface area contributed by atoms with Gasteiger partial charge in [0, 0.05) is 26.2 Å². The van der Waals surface area contributed by atoms with Crippen LogP contribution in [0.15, 0.2) is 0 Å². The molecule has 22 heavy (non-hydrogen) atoms. The summed E-state index contributed by atoms with van der Waals surface area (Å²) < 4.78 is 10.1. The minimum absolute atomic E-state index is 0.149. The lowest BCUT2D eigenvalue weighted by Crippen LogP contribution is -2.30. The Balaban J connectivity index is 3.23. The van der Waals surface area contributed by atoms with Crippen molar-refractivity contribution >= 4 is 11.9 Å². The number of carbonyl (C=O) groups is 2. The molecule has 6 nitrogen and oxygen atoms in total. The summed E-state index contributed by atoms with van der Waals surface area (Å²) in [7, 11) is 0. The molecule has 6 heteroatoms. The predicted octanol–water partition coefficient (Wildman–Crippen LogP) is 1.63. The van der Waals surface area contributed by atoms with E-state index in [1.54, 1.807) is 0 Å². The molecule has 0 radical (unpaired) electrons. The third-order valence-electron chi connectivity index (χ3n) is 3.01. The standard InChI is InChI=1S/C16H32N2O4/c1-3-5-13-21-15(19)7-9-17-11-12-18-10-8-16(20)22-14-6-4-2/h17-18H,3-14H2,1-2H3. The Labute approximate surface area is 134 Å². The van der Waals surface area contributed by atoms with Crippen LogP contribution in [0.4, 0.5) is 0 Å². The van der Waals surface area contributed by atoms with E-state index in [4.69, 9.17) is 9.47 Å². The van der Waals surface area contributed by atoms with E-state index in [-0.39, 0.29) is 11.9 Å². The summed E-state index contributed by atoms with van der Waals surface area (Å²) in [6.45, 7) is 7.91. The number of nitrogens with one attached hydrogen (secondary N) is 2. The lowest BCUT2D eigenvalue weighted by molar-refractivity contribution is -0.144. The summed E-state index contributed by atoms with van der Waals surface area (Å²) in [5.41, 5.74) is 0. The Morgan fingerprint density at radius 2 is 1.14 bits per heavy atom. The highest BCUT2D eigenvalue weighted by atomic mass is 16.5. The summed E-state index contributed by atoms with van der Waals surface area (Å²) in [5.74, 6) is -0.299. The Morgan fingerprint density at radius 1 is 0.727 bits per heavy atom. The van der Waals surface area contributed by atoms with E-state index in [2.05, 4.69) is 24.5 Å². The van der Waals surface area contributed by atoms with Gasteiger partial charge in [0.25, 0.3) is 0 Å². The number of unbranched alkanes of at least 4 members (excludes halogenated alkanes) is 2. The third kappa shape index (κ3) is 15.3. The van der Waals surface area contributed by atoms with E-state index in [1.165, 1.54) is 0 Å². The molecule has 0 saturated heterocycles. The molecule has 0 aromatic carbocycles. The number of esters is 2. The van der Waals surface area contributed by atoms with Gasteiger partial charge in [-0.15, -0.1) is 0 Å². The van der Waals surface area contributed by atoms with Gasteiger partial charge in [-0.2, -0.15) is 0 Å². The van der Waals surface area contributed by atoms with Crippen molar-refractivity contribution < 1.29 is 19.1 Å². The van der Waals surface area contributed by atoms with Crippen LogP contribution in [0.5, 0.6) is 0 Å². The first-order valence-corrected chi connectivity index (χ1v) is 8.43. The van der Waals surface area contributed by atoms with Crippen molar-refractivity contribution in [3.05, 3.63) is 0 Å². The van der Waals surface area contributed by atoms with Crippen LogP contribution >= 0.6 is 0 Å². The average molecular weight is 316 g/mol. The molecule has 0 amide bonds. The first kappa shape index (κ1) is 20.9. The maximum atomic E-state index is 11.3. The molecule has 0 rings (SSSR count). The fourth-order valence-electron chi connectivity index (χ4n) is 1.61. The second-order valence-electron chi connectivity index (χ2n) is 5.15. The third-order valence-corrected chi connectivity index (χ3v) is 3.01. The summed E-state index contributed by atoms with van der Waals surface area (Å²) >= 11 is 0. The van der Waals surface area contributed by atoms with Crippen molar-refractivity contribution in [3.8, 4) is 0 Å². The van der Waals surface area contributed by atoms with Crippen LogP contribution < -0.4 is 10.6 Å². The molecule has 0 unspecified atom stereocenters. The highest BCUT2D eigenvalue weighted by Crippen LogP contribution is 1.92. The zero-order chi connectivity index (χ0) is 16.5. The second-order valence-corrected chi connectivity index (χ2v) is 5.15. The van der Waals surface area contributed by atoms with E-state index in [9.17, 15) is 9.59 Å². The van der Waals surface area contributed by atoms with Gasteiger partial charge in [0.05, 0.1) is 26.1 Å². The first-order chi connectivity index (χ1) is 10.7. The van der Waals surface area contributed by atoms with E-state index in [1.807, 2.05) is 0 Å². The van der Waals surface area contributed by atoms with Gasteiger partial charge in [-0.05, 0) is 12.8 Å². The largest absolute Gasteiger partial charge is 0.466 e. The quantitative estimate of drug-likeness (QED) is 0.353. The zero-order valence-electron chi connectivity index (χ0n) is 14.1. The lowest BCUT2D eigenvalue weighted by Gasteiger charge is -2.07. The summed E-state index contributed by atoms with van der Waals surface area (Å²) in [6.07, 6.45) is 4.70. The van der Waals surface area contributed by atoms with E-state index >= 15 is 0 Å². The van der Waals surface area contributed by atoms with Crippen LogP contribution in [-0.4, -0.2) is 51.3 Å². The fraction of sp³-hybridized carbons (Fsp3) is 0.875. The van der Waals surface area contributed by atoms with Gasteiger partial charge in [-0.1, -0.05) is 26.7 Å². The number of ether oxygens (including phenoxy) is 2. The van der Waals surface area contributed by atoms with E-state index < -0.39 is 0 Å². The molecule has 0 spiro atoms. The minimum Gasteiger partial charge on any atom is -0.466 e. The highest BCUT2D eigenvalue weighted by molar-refractivity contribution is 5.69. The van der Waals surface area contributed by atoms with Gasteiger partial charge in [-0.3, -0.25) is 9.59 Å². The molecule has 0 saturated carbocycles. The van der Waals surface area contributed by atoms with Crippen molar-refractivity contribution in [2.75, 3.05) is 39.4 Å². The van der Waals surface area contributed by atoms with Gasteiger partial charge in [-0.25, -0.2) is 0 Å². The van der Waals surface area contributed by atoms with E-state index in [0.29, 0.717) is 39.1 Å². The molecule has 0 aromatic heterocycles. The van der Waals surface area contributed by atoms with Crippen molar-refractivity contribution in [1.29, 1.82) is 0 Å². The molecule has 0 bridgehead atoms. The molecule has 0 atom stereocenters. The van der Waals surface area contributed by atoms with Gasteiger partial charge in [0.15, 0.2) is 0 Å². The molecule has 0 aliphatic rings. The van der Waals surface area contributed by atoms with Crippen LogP contribution in [0.25, 0.3) is 0 Å². The molecule has 2 N–H and O–H groups in total. The van der Waals surface area contributed by atoms with Gasteiger partial charge >= 0.3 is 11.9 Å². The Morgan fingerprint density at radius 3 is 1.50 bits per heavy atom. The Bertz CT molecular complexity index is 257. The second kappa shape index (κ2) is 16.2. The molecular formula is C16H32N2O4. The van der Waals surface area contributed by atoms with Crippen molar-refractivity contribution in [1.82, 2.24) is 10.6 Å². The van der Waals surface area contributed by atoms with Crippen molar-refractivity contribution in [2.24, 2.45) is 0 Å². The molecule has 0 heterocycles. The van der Waals surface area contributed by atoms with Crippen molar-refractivity contribution in [3.63, 3.8) is 0 Å².